The standard InChI is InChI=1S/C16H22O5/c1-2-3-4-5-6-7-10-21-12-8-9-13(15(17)18)14(11-12)16(19)20/h8-9,11H,2-7,10H2,1H3,(H,17,18)(H,19,20). The van der Waals surface area contributed by atoms with E-state index < -0.39 is 11.9 Å². The van der Waals surface area contributed by atoms with Gasteiger partial charge in [0.2, 0.25) is 0 Å². The van der Waals surface area contributed by atoms with Crippen molar-refractivity contribution in [2.24, 2.45) is 0 Å². The van der Waals surface area contributed by atoms with Crippen molar-refractivity contribution >= 4 is 11.9 Å². The van der Waals surface area contributed by atoms with E-state index in [0.29, 0.717) is 12.4 Å². The van der Waals surface area contributed by atoms with E-state index >= 15 is 0 Å². The minimum absolute atomic E-state index is 0.227. The number of rotatable bonds is 10. The van der Waals surface area contributed by atoms with E-state index in [1.807, 2.05) is 0 Å². The molecule has 0 atom stereocenters. The van der Waals surface area contributed by atoms with Gasteiger partial charge in [-0.3, -0.25) is 0 Å². The van der Waals surface area contributed by atoms with Crippen molar-refractivity contribution in [3.8, 4) is 5.75 Å². The zero-order valence-electron chi connectivity index (χ0n) is 12.3. The molecule has 0 aliphatic carbocycles. The van der Waals surface area contributed by atoms with Gasteiger partial charge in [-0.15, -0.1) is 0 Å². The second-order valence-corrected chi connectivity index (χ2v) is 4.93. The largest absolute Gasteiger partial charge is 0.494 e. The van der Waals surface area contributed by atoms with E-state index in [-0.39, 0.29) is 11.1 Å². The van der Waals surface area contributed by atoms with Gasteiger partial charge in [0, 0.05) is 0 Å². The van der Waals surface area contributed by atoms with Crippen LogP contribution >= 0.6 is 0 Å². The van der Waals surface area contributed by atoms with E-state index in [9.17, 15) is 9.59 Å². The second-order valence-electron chi connectivity index (χ2n) is 4.93. The molecule has 1 rings (SSSR count). The number of hydrogen-bond acceptors (Lipinski definition) is 3. The third-order valence-electron chi connectivity index (χ3n) is 3.22. The van der Waals surface area contributed by atoms with Gasteiger partial charge >= 0.3 is 11.9 Å². The molecular weight excluding hydrogens is 272 g/mol. The highest BCUT2D eigenvalue weighted by Crippen LogP contribution is 2.19. The van der Waals surface area contributed by atoms with Crippen molar-refractivity contribution in [2.45, 2.75) is 45.4 Å². The van der Waals surface area contributed by atoms with Gasteiger partial charge in [-0.05, 0) is 24.6 Å². The molecule has 0 spiro atoms. The Hall–Kier alpha value is -2.04. The van der Waals surface area contributed by atoms with Crippen molar-refractivity contribution in [1.29, 1.82) is 0 Å². The summed E-state index contributed by atoms with van der Waals surface area (Å²) in [5, 5.41) is 17.9. The Balaban J connectivity index is 2.47. The van der Waals surface area contributed by atoms with Crippen LogP contribution in [0.1, 0.15) is 66.2 Å². The maximum absolute atomic E-state index is 11.0. The van der Waals surface area contributed by atoms with Crippen LogP contribution in [-0.4, -0.2) is 28.8 Å². The Morgan fingerprint density at radius 2 is 1.57 bits per heavy atom. The summed E-state index contributed by atoms with van der Waals surface area (Å²) in [5.41, 5.74) is -0.475. The van der Waals surface area contributed by atoms with Gasteiger partial charge < -0.3 is 14.9 Å². The van der Waals surface area contributed by atoms with Crippen molar-refractivity contribution < 1.29 is 24.5 Å². The van der Waals surface area contributed by atoms with Crippen LogP contribution in [0.2, 0.25) is 0 Å². The molecule has 0 fully saturated rings. The van der Waals surface area contributed by atoms with E-state index in [2.05, 4.69) is 6.92 Å². The van der Waals surface area contributed by atoms with Gasteiger partial charge in [0.25, 0.3) is 0 Å². The average molecular weight is 294 g/mol. The lowest BCUT2D eigenvalue weighted by Gasteiger charge is -2.08. The second kappa shape index (κ2) is 9.00. The van der Waals surface area contributed by atoms with Crippen molar-refractivity contribution in [2.75, 3.05) is 6.61 Å². The summed E-state index contributed by atoms with van der Waals surface area (Å²) in [7, 11) is 0. The van der Waals surface area contributed by atoms with Gasteiger partial charge in [0.1, 0.15) is 5.75 Å². The zero-order chi connectivity index (χ0) is 15.7. The van der Waals surface area contributed by atoms with E-state index in [4.69, 9.17) is 14.9 Å². The molecular formula is C16H22O5. The summed E-state index contributed by atoms with van der Waals surface area (Å²) in [6.45, 7) is 2.68. The molecule has 0 aliphatic rings. The fourth-order valence-corrected chi connectivity index (χ4v) is 2.05. The smallest absolute Gasteiger partial charge is 0.336 e. The lowest BCUT2D eigenvalue weighted by atomic mass is 10.1. The summed E-state index contributed by atoms with van der Waals surface area (Å²) in [5.74, 6) is -2.13. The molecule has 0 aromatic heterocycles. The molecule has 5 nitrogen and oxygen atoms in total. The Morgan fingerprint density at radius 1 is 0.952 bits per heavy atom. The van der Waals surface area contributed by atoms with Crippen molar-refractivity contribution in [3.63, 3.8) is 0 Å². The van der Waals surface area contributed by atoms with Crippen LogP contribution in [0, 0.1) is 0 Å². The summed E-state index contributed by atoms with van der Waals surface area (Å²) >= 11 is 0. The zero-order valence-corrected chi connectivity index (χ0v) is 12.3. The van der Waals surface area contributed by atoms with Crippen LogP contribution in [0.4, 0.5) is 0 Å². The maximum atomic E-state index is 11.0. The van der Waals surface area contributed by atoms with Gasteiger partial charge in [0.15, 0.2) is 0 Å². The van der Waals surface area contributed by atoms with Crippen LogP contribution in [0.15, 0.2) is 18.2 Å². The van der Waals surface area contributed by atoms with Gasteiger partial charge in [-0.1, -0.05) is 39.0 Å². The molecule has 21 heavy (non-hydrogen) atoms. The highest BCUT2D eigenvalue weighted by Gasteiger charge is 2.16. The van der Waals surface area contributed by atoms with Crippen LogP contribution in [-0.2, 0) is 0 Å². The summed E-state index contributed by atoms with van der Waals surface area (Å²) < 4.78 is 5.48. The molecule has 0 aliphatic heterocycles. The highest BCUT2D eigenvalue weighted by molar-refractivity contribution is 6.01. The molecule has 0 saturated heterocycles. The van der Waals surface area contributed by atoms with Crippen molar-refractivity contribution in [3.05, 3.63) is 29.3 Å². The minimum Gasteiger partial charge on any atom is -0.494 e. The molecule has 0 saturated carbocycles. The van der Waals surface area contributed by atoms with Gasteiger partial charge in [-0.25, -0.2) is 9.59 Å². The number of aromatic carboxylic acids is 2. The Kier molecular flexibility index (Phi) is 7.29. The topological polar surface area (TPSA) is 83.8 Å². The van der Waals surface area contributed by atoms with E-state index in [0.717, 1.165) is 12.8 Å². The van der Waals surface area contributed by atoms with Crippen LogP contribution < -0.4 is 4.74 Å². The molecule has 0 heterocycles. The Labute approximate surface area is 124 Å². The third-order valence-corrected chi connectivity index (χ3v) is 3.22. The highest BCUT2D eigenvalue weighted by atomic mass is 16.5. The number of ether oxygens (including phenoxy) is 1. The molecule has 5 heteroatoms. The predicted octanol–water partition coefficient (Wildman–Crippen LogP) is 3.82. The minimum atomic E-state index is -1.27. The van der Waals surface area contributed by atoms with E-state index in [1.165, 1.54) is 43.9 Å². The molecule has 1 aromatic rings. The summed E-state index contributed by atoms with van der Waals surface area (Å²) in [4.78, 5) is 22.0. The van der Waals surface area contributed by atoms with Crippen molar-refractivity contribution in [1.82, 2.24) is 0 Å². The number of hydrogen-bond donors (Lipinski definition) is 2. The molecule has 116 valence electrons. The number of carboxylic acids is 2. The Morgan fingerprint density at radius 3 is 2.19 bits per heavy atom. The first-order chi connectivity index (χ1) is 10.1. The average Bonchev–Trinajstić information content (AvgIpc) is 2.46. The molecule has 0 bridgehead atoms. The van der Waals surface area contributed by atoms with Crippen LogP contribution in [0.5, 0.6) is 5.75 Å². The molecule has 0 unspecified atom stereocenters. The SMILES string of the molecule is CCCCCCCCOc1ccc(C(=O)O)c(C(=O)O)c1. The molecule has 1 aromatic carbocycles. The lowest BCUT2D eigenvalue weighted by Crippen LogP contribution is -2.08. The molecule has 0 radical (unpaired) electrons. The molecule has 2 N–H and O–H groups in total. The van der Waals surface area contributed by atoms with Gasteiger partial charge in [-0.2, -0.15) is 0 Å². The molecule has 0 amide bonds. The quantitative estimate of drug-likeness (QED) is 0.641. The number of carboxylic acid groups (broad SMARTS) is 2. The lowest BCUT2D eigenvalue weighted by molar-refractivity contribution is 0.0651. The third kappa shape index (κ3) is 5.85. The first-order valence-electron chi connectivity index (χ1n) is 7.29. The number of benzene rings is 1. The first kappa shape index (κ1) is 17.0. The maximum Gasteiger partial charge on any atom is 0.336 e. The van der Waals surface area contributed by atoms with Crippen LogP contribution in [0.25, 0.3) is 0 Å². The van der Waals surface area contributed by atoms with Gasteiger partial charge in [0.05, 0.1) is 17.7 Å². The van der Waals surface area contributed by atoms with E-state index in [1.54, 1.807) is 0 Å². The summed E-state index contributed by atoms with van der Waals surface area (Å²) in [6, 6.07) is 4.03. The predicted molar refractivity (Wildman–Crippen MR) is 79.2 cm³/mol. The normalized spacial score (nSPS) is 10.3. The monoisotopic (exact) mass is 294 g/mol. The number of unbranched alkanes of at least 4 members (excludes halogenated alkanes) is 5. The van der Waals surface area contributed by atoms with Crippen LogP contribution in [0.3, 0.4) is 0 Å². The summed E-state index contributed by atoms with van der Waals surface area (Å²) in [6.07, 6.45) is 6.86. The Bertz CT molecular complexity index is 482. The fourth-order valence-electron chi connectivity index (χ4n) is 2.05. The number of carbonyl (C=O) groups is 2. The first-order valence-corrected chi connectivity index (χ1v) is 7.29. The fraction of sp³-hybridized carbons (Fsp3) is 0.500.